The third-order valence-electron chi connectivity index (χ3n) is 0. The number of phosphoric acid groups is 1. The van der Waals surface area contributed by atoms with Crippen LogP contribution in [0.1, 0.15) is 0 Å². The zero-order valence-electron chi connectivity index (χ0n) is 4.20. The molecule has 0 aliphatic carbocycles. The summed E-state index contributed by atoms with van der Waals surface area (Å²) in [6, 6.07) is 0. The van der Waals surface area contributed by atoms with Gasteiger partial charge in [0.15, 0.2) is 0 Å². The second-order valence-corrected chi connectivity index (χ2v) is 1.34. The first-order valence-electron chi connectivity index (χ1n) is 0.730. The molecule has 0 unspecified atom stereocenters. The molecule has 3 radical (unpaired) electrons. The Morgan fingerprint density at radius 1 is 0.875 bits per heavy atom. The minimum atomic E-state index is -5.39. The van der Waals surface area contributed by atoms with Crippen molar-refractivity contribution in [3.05, 3.63) is 0 Å². The van der Waals surface area contributed by atoms with E-state index in [4.69, 9.17) is 19.2 Å². The first-order valence-corrected chi connectivity index (χ1v) is 2.19. The van der Waals surface area contributed by atoms with Gasteiger partial charge in [-0.05, 0) is 0 Å². The molecule has 0 saturated carbocycles. The van der Waals surface area contributed by atoms with E-state index in [0.717, 1.165) is 0 Å². The van der Waals surface area contributed by atoms with Gasteiger partial charge in [0.2, 0.25) is 0 Å². The fourth-order valence-corrected chi connectivity index (χ4v) is 0. The maximum Gasteiger partial charge on any atom is 1.00 e. The van der Waals surface area contributed by atoms with E-state index >= 15 is 0 Å². The number of hydrogen-bond donors (Lipinski definition) is 0. The summed E-state index contributed by atoms with van der Waals surface area (Å²) in [7, 11) is -5.39. The molecule has 35 valence electrons. The Bertz CT molecular complexity index is 57.4. The molecule has 0 N–H and O–H groups in total. The van der Waals surface area contributed by atoms with E-state index < -0.39 is 7.82 Å². The smallest absolute Gasteiger partial charge is 0.822 e. The standard InChI is InChI=1S/3Ca.H3O4P/c;;;1-5(2,3)4/h;;;(H3,1,2,3,4)/q3*+1;/p-3. The topological polar surface area (TPSA) is 86.2 Å². The Kier molecular flexibility index (Phi) is 30.8. The van der Waals surface area contributed by atoms with Crippen LogP contribution in [0.3, 0.4) is 0 Å². The molecule has 0 aliphatic rings. The molecular weight excluding hydrogens is 215 g/mol. The normalized spacial score (nSPS) is 7.38. The van der Waals surface area contributed by atoms with Crippen molar-refractivity contribution in [3.8, 4) is 0 Å². The summed E-state index contributed by atoms with van der Waals surface area (Å²) in [5.74, 6) is 0. The molecule has 0 saturated heterocycles. The van der Waals surface area contributed by atoms with Crippen LogP contribution in [0, 0.1) is 0 Å². The minimum Gasteiger partial charge on any atom is -0.822 e. The van der Waals surface area contributed by atoms with E-state index in [1.807, 2.05) is 0 Å². The first kappa shape index (κ1) is 22.7. The SMILES string of the molecule is O=P([O-])([O-])[O-].[Ca+].[Ca+].[Ca+]. The Morgan fingerprint density at radius 3 is 0.875 bits per heavy atom. The zero-order chi connectivity index (χ0) is 4.50. The summed E-state index contributed by atoms with van der Waals surface area (Å²) in [4.78, 5) is 25.6. The van der Waals surface area contributed by atoms with Gasteiger partial charge in [-0.3, -0.25) is 0 Å². The Labute approximate surface area is 137 Å². The van der Waals surface area contributed by atoms with Crippen LogP contribution in [0.25, 0.3) is 0 Å². The van der Waals surface area contributed by atoms with Crippen LogP contribution in [0.15, 0.2) is 0 Å². The Hall–Kier alpha value is 3.89. The van der Waals surface area contributed by atoms with Gasteiger partial charge in [0.25, 0.3) is 0 Å². The average Bonchev–Trinajstić information content (AvgIpc) is 0.722. The van der Waals surface area contributed by atoms with Gasteiger partial charge in [-0.25, -0.2) is 0 Å². The average molecular weight is 215 g/mol. The molecular formula is Ca3O4P. The maximum absolute atomic E-state index is 8.55. The van der Waals surface area contributed by atoms with E-state index in [1.54, 1.807) is 0 Å². The number of hydrogen-bond acceptors (Lipinski definition) is 4. The molecule has 0 spiro atoms. The Balaban J connectivity index is -0.0000000267. The van der Waals surface area contributed by atoms with Crippen LogP contribution < -0.4 is 14.7 Å². The van der Waals surface area contributed by atoms with Gasteiger partial charge in [-0.15, -0.1) is 0 Å². The molecule has 8 heteroatoms. The summed E-state index contributed by atoms with van der Waals surface area (Å²) >= 11 is 0. The molecule has 4 nitrogen and oxygen atoms in total. The van der Waals surface area contributed by atoms with Gasteiger partial charge in [0.05, 0.1) is 0 Å². The zero-order valence-corrected chi connectivity index (χ0v) is 11.7. The quantitative estimate of drug-likeness (QED) is 0.305. The van der Waals surface area contributed by atoms with E-state index in [9.17, 15) is 0 Å². The van der Waals surface area contributed by atoms with E-state index in [2.05, 4.69) is 0 Å². The molecule has 0 bridgehead atoms. The molecule has 8 heavy (non-hydrogen) atoms. The van der Waals surface area contributed by atoms with E-state index in [1.165, 1.54) is 0 Å². The minimum absolute atomic E-state index is 0. The predicted molar refractivity (Wildman–Crippen MR) is 24.9 cm³/mol. The number of rotatable bonds is 0. The summed E-state index contributed by atoms with van der Waals surface area (Å²) in [6.45, 7) is 0. The van der Waals surface area contributed by atoms with Crippen LogP contribution in [0.5, 0.6) is 0 Å². The maximum atomic E-state index is 8.55. The van der Waals surface area contributed by atoms with Crippen molar-refractivity contribution in [1.82, 2.24) is 0 Å². The van der Waals surface area contributed by atoms with Gasteiger partial charge >= 0.3 is 113 Å². The van der Waals surface area contributed by atoms with E-state index in [-0.39, 0.29) is 113 Å². The van der Waals surface area contributed by atoms with Gasteiger partial charge in [-0.1, -0.05) is 0 Å². The predicted octanol–water partition coefficient (Wildman–Crippen LogP) is -3.97. The summed E-state index contributed by atoms with van der Waals surface area (Å²) < 4.78 is 8.55. The third-order valence-corrected chi connectivity index (χ3v) is 0. The molecule has 0 aromatic heterocycles. The largest absolute Gasteiger partial charge is 1.00 e. The van der Waals surface area contributed by atoms with Crippen molar-refractivity contribution in [2.75, 3.05) is 0 Å². The van der Waals surface area contributed by atoms with Crippen LogP contribution in [-0.2, 0) is 4.57 Å². The summed E-state index contributed by atoms with van der Waals surface area (Å²) in [5, 5.41) is 0. The molecule has 0 amide bonds. The van der Waals surface area contributed by atoms with Gasteiger partial charge in [0.1, 0.15) is 0 Å². The van der Waals surface area contributed by atoms with Crippen LogP contribution in [0.2, 0.25) is 0 Å². The molecule has 0 rings (SSSR count). The van der Waals surface area contributed by atoms with Crippen molar-refractivity contribution < 1.29 is 19.2 Å². The summed E-state index contributed by atoms with van der Waals surface area (Å²) in [6.07, 6.45) is 0. The van der Waals surface area contributed by atoms with Crippen LogP contribution >= 0.6 is 7.82 Å². The van der Waals surface area contributed by atoms with Crippen molar-refractivity contribution in [2.24, 2.45) is 0 Å². The third kappa shape index (κ3) is 51.7. The van der Waals surface area contributed by atoms with Gasteiger partial charge in [0, 0.05) is 0 Å². The molecule has 0 heterocycles. The summed E-state index contributed by atoms with van der Waals surface area (Å²) in [5.41, 5.74) is 0. The molecule has 0 aliphatic heterocycles. The van der Waals surface area contributed by atoms with Crippen LogP contribution in [-0.4, -0.2) is 113 Å². The van der Waals surface area contributed by atoms with Gasteiger partial charge < -0.3 is 19.2 Å². The molecule has 0 aromatic rings. The van der Waals surface area contributed by atoms with Crippen molar-refractivity contribution >= 4 is 121 Å². The first-order chi connectivity index (χ1) is 2.00. The van der Waals surface area contributed by atoms with Crippen LogP contribution in [0.4, 0.5) is 0 Å². The van der Waals surface area contributed by atoms with Gasteiger partial charge in [-0.2, -0.15) is 7.82 Å². The van der Waals surface area contributed by atoms with Crippen molar-refractivity contribution in [3.63, 3.8) is 0 Å². The monoisotopic (exact) mass is 215 g/mol. The molecule has 0 aromatic carbocycles. The molecule has 0 atom stereocenters. The molecule has 0 fully saturated rings. The van der Waals surface area contributed by atoms with E-state index in [0.29, 0.717) is 0 Å². The fraction of sp³-hybridized carbons (Fsp3) is 0. The fourth-order valence-electron chi connectivity index (χ4n) is 0. The van der Waals surface area contributed by atoms with Crippen molar-refractivity contribution in [2.45, 2.75) is 0 Å². The second-order valence-electron chi connectivity index (χ2n) is 0.447. The van der Waals surface area contributed by atoms with Crippen molar-refractivity contribution in [1.29, 1.82) is 0 Å². The Morgan fingerprint density at radius 2 is 0.875 bits per heavy atom. The second kappa shape index (κ2) is 10.9.